The largest absolute Gasteiger partial charge is 0.417 e. The second kappa shape index (κ2) is 8.58. The first kappa shape index (κ1) is 21.0. The van der Waals surface area contributed by atoms with E-state index in [4.69, 9.17) is 4.43 Å². The van der Waals surface area contributed by atoms with E-state index >= 15 is 0 Å². The van der Waals surface area contributed by atoms with Crippen LogP contribution in [-0.2, 0) is 4.43 Å². The highest BCUT2D eigenvalue weighted by atomic mass is 28.4. The van der Waals surface area contributed by atoms with Crippen LogP contribution < -0.4 is 5.32 Å². The predicted octanol–water partition coefficient (Wildman–Crippen LogP) is 6.05. The first-order valence-electron chi connectivity index (χ1n) is 9.75. The Morgan fingerprint density at radius 3 is 2.42 bits per heavy atom. The van der Waals surface area contributed by atoms with Crippen LogP contribution in [-0.4, -0.2) is 22.0 Å². The van der Waals surface area contributed by atoms with Gasteiger partial charge in [0.1, 0.15) is 5.82 Å². The maximum atomic E-state index is 13.3. The highest BCUT2D eigenvalue weighted by Gasteiger charge is 2.37. The average molecular weight is 376 g/mol. The molecule has 1 aliphatic rings. The molecule has 1 saturated carbocycles. The maximum Gasteiger partial charge on any atom is 0.191 e. The summed E-state index contributed by atoms with van der Waals surface area (Å²) in [6.07, 6.45) is 4.65. The number of hydrogen-bond acceptors (Lipinski definition) is 2. The topological polar surface area (TPSA) is 21.3 Å². The summed E-state index contributed by atoms with van der Waals surface area (Å²) in [6, 6.07) is 4.73. The molecule has 2 nitrogen and oxygen atoms in total. The third-order valence-electron chi connectivity index (χ3n) is 5.99. The molecule has 26 heavy (non-hydrogen) atoms. The van der Waals surface area contributed by atoms with Crippen LogP contribution in [0.3, 0.4) is 0 Å². The van der Waals surface area contributed by atoms with Gasteiger partial charge in [-0.3, -0.25) is 0 Å². The second-order valence-electron chi connectivity index (χ2n) is 9.00. The van der Waals surface area contributed by atoms with Crippen LogP contribution >= 0.6 is 0 Å². The van der Waals surface area contributed by atoms with E-state index in [-0.39, 0.29) is 10.9 Å². The third kappa shape index (κ3) is 5.59. The van der Waals surface area contributed by atoms with Gasteiger partial charge in [0.15, 0.2) is 8.32 Å². The molecule has 2 rings (SSSR count). The van der Waals surface area contributed by atoms with E-state index in [2.05, 4.69) is 51.0 Å². The summed E-state index contributed by atoms with van der Waals surface area (Å²) < 4.78 is 19.7. The molecule has 1 N–H and O–H groups in total. The minimum Gasteiger partial charge on any atom is -0.417 e. The lowest BCUT2D eigenvalue weighted by Gasteiger charge is -2.38. The molecule has 1 aromatic rings. The van der Waals surface area contributed by atoms with Crippen LogP contribution in [0.25, 0.3) is 0 Å². The Morgan fingerprint density at radius 1 is 1.19 bits per heavy atom. The van der Waals surface area contributed by atoms with Crippen molar-refractivity contribution in [3.63, 3.8) is 0 Å². The van der Waals surface area contributed by atoms with Crippen molar-refractivity contribution in [2.75, 3.05) is 19.0 Å². The van der Waals surface area contributed by atoms with Gasteiger partial charge in [-0.1, -0.05) is 32.6 Å². The number of nitrogens with one attached hydrogen (secondary N) is 1. The van der Waals surface area contributed by atoms with Crippen molar-refractivity contribution < 1.29 is 8.82 Å². The van der Waals surface area contributed by atoms with E-state index in [1.807, 2.05) is 0 Å². The van der Waals surface area contributed by atoms with Crippen LogP contribution in [0.5, 0.6) is 0 Å². The molecule has 1 aliphatic carbocycles. The van der Waals surface area contributed by atoms with Crippen molar-refractivity contribution in [2.24, 2.45) is 11.8 Å². The first-order chi connectivity index (χ1) is 12.1. The molecule has 0 aromatic heterocycles. The standard InChI is InChI=1S/C22H34FNOSi/c1-22(2,3)26(5,6)25-16-18-9-7-17(8-10-18)11-12-19-13-14-20(23)15-21(19)24-4/h13-15,17-18,24H,7-10,16H2,1-6H3. The summed E-state index contributed by atoms with van der Waals surface area (Å²) in [6.45, 7) is 12.4. The quantitative estimate of drug-likeness (QED) is 0.511. The molecule has 4 heteroatoms. The lowest BCUT2D eigenvalue weighted by atomic mass is 9.83. The number of halogens is 1. The van der Waals surface area contributed by atoms with E-state index in [0.717, 1.165) is 30.7 Å². The zero-order chi connectivity index (χ0) is 19.4. The van der Waals surface area contributed by atoms with Crippen LogP contribution in [0, 0.1) is 29.5 Å². The molecule has 0 spiro atoms. The molecular formula is C22H34FNOSi. The lowest BCUT2D eigenvalue weighted by Crippen LogP contribution is -2.42. The number of hydrogen-bond donors (Lipinski definition) is 1. The Balaban J connectivity index is 1.86. The predicted molar refractivity (Wildman–Crippen MR) is 111 cm³/mol. The zero-order valence-corrected chi connectivity index (χ0v) is 18.2. The van der Waals surface area contributed by atoms with E-state index in [9.17, 15) is 4.39 Å². The lowest BCUT2D eigenvalue weighted by molar-refractivity contribution is 0.183. The van der Waals surface area contributed by atoms with Gasteiger partial charge >= 0.3 is 0 Å². The number of anilines is 1. The molecule has 0 aliphatic heterocycles. The highest BCUT2D eigenvalue weighted by molar-refractivity contribution is 6.74. The minimum atomic E-state index is -1.65. The zero-order valence-electron chi connectivity index (χ0n) is 17.2. The fourth-order valence-electron chi connectivity index (χ4n) is 3.03. The van der Waals surface area contributed by atoms with Gasteiger partial charge in [0, 0.05) is 25.1 Å². The number of rotatable bonds is 4. The summed E-state index contributed by atoms with van der Waals surface area (Å²) in [5, 5.41) is 3.29. The summed E-state index contributed by atoms with van der Waals surface area (Å²) in [5.41, 5.74) is 1.63. The molecule has 0 bridgehead atoms. The van der Waals surface area contributed by atoms with Gasteiger partial charge in [0.25, 0.3) is 0 Å². The summed E-state index contributed by atoms with van der Waals surface area (Å²) >= 11 is 0. The van der Waals surface area contributed by atoms with E-state index in [0.29, 0.717) is 11.8 Å². The van der Waals surface area contributed by atoms with Crippen molar-refractivity contribution in [1.82, 2.24) is 0 Å². The highest BCUT2D eigenvalue weighted by Crippen LogP contribution is 2.38. The molecule has 0 heterocycles. The van der Waals surface area contributed by atoms with Gasteiger partial charge in [0.2, 0.25) is 0 Å². The fourth-order valence-corrected chi connectivity index (χ4v) is 4.11. The smallest absolute Gasteiger partial charge is 0.191 e. The Kier molecular flexibility index (Phi) is 6.93. The summed E-state index contributed by atoms with van der Waals surface area (Å²) in [4.78, 5) is 0. The van der Waals surface area contributed by atoms with Crippen LogP contribution in [0.2, 0.25) is 18.1 Å². The van der Waals surface area contributed by atoms with Gasteiger partial charge in [-0.05, 0) is 67.9 Å². The SMILES string of the molecule is CNc1cc(F)ccc1C#CC1CCC(CO[Si](C)(C)C(C)(C)C)CC1. The molecule has 1 aromatic carbocycles. The molecule has 0 atom stereocenters. The summed E-state index contributed by atoms with van der Waals surface area (Å²) in [5.74, 6) is 7.53. The second-order valence-corrected chi connectivity index (χ2v) is 13.8. The monoisotopic (exact) mass is 375 g/mol. The van der Waals surface area contributed by atoms with Crippen LogP contribution in [0.4, 0.5) is 10.1 Å². The average Bonchev–Trinajstić information content (AvgIpc) is 2.58. The van der Waals surface area contributed by atoms with Gasteiger partial charge in [-0.25, -0.2) is 4.39 Å². The molecule has 0 amide bonds. The van der Waals surface area contributed by atoms with E-state index in [1.165, 1.54) is 25.0 Å². The van der Waals surface area contributed by atoms with Gasteiger partial charge < -0.3 is 9.74 Å². The molecule has 0 radical (unpaired) electrons. The van der Waals surface area contributed by atoms with Crippen molar-refractivity contribution in [3.05, 3.63) is 29.6 Å². The fraction of sp³-hybridized carbons (Fsp3) is 0.636. The number of benzene rings is 1. The Morgan fingerprint density at radius 2 is 1.85 bits per heavy atom. The van der Waals surface area contributed by atoms with E-state index in [1.54, 1.807) is 13.1 Å². The van der Waals surface area contributed by atoms with Crippen molar-refractivity contribution in [1.29, 1.82) is 0 Å². The Hall–Kier alpha value is -1.31. The molecule has 1 fully saturated rings. The molecule has 144 valence electrons. The van der Waals surface area contributed by atoms with Gasteiger partial charge in [-0.2, -0.15) is 0 Å². The van der Waals surface area contributed by atoms with Crippen molar-refractivity contribution in [2.45, 2.75) is 64.6 Å². The normalized spacial score (nSPS) is 21.0. The third-order valence-corrected chi connectivity index (χ3v) is 10.5. The van der Waals surface area contributed by atoms with Gasteiger partial charge in [0.05, 0.1) is 5.69 Å². The summed E-state index contributed by atoms with van der Waals surface area (Å²) in [7, 11) is 0.153. The minimum absolute atomic E-state index is 0.234. The van der Waals surface area contributed by atoms with E-state index < -0.39 is 8.32 Å². The van der Waals surface area contributed by atoms with Crippen LogP contribution in [0.1, 0.15) is 52.0 Å². The first-order valence-corrected chi connectivity index (χ1v) is 12.7. The Bertz CT molecular complexity index is 661. The molecular weight excluding hydrogens is 341 g/mol. The Labute approximate surface area is 160 Å². The van der Waals surface area contributed by atoms with Crippen molar-refractivity contribution in [3.8, 4) is 11.8 Å². The molecule has 0 saturated heterocycles. The van der Waals surface area contributed by atoms with Crippen LogP contribution in [0.15, 0.2) is 18.2 Å². The molecule has 0 unspecified atom stereocenters. The maximum absolute atomic E-state index is 13.3. The van der Waals surface area contributed by atoms with Gasteiger partial charge in [-0.15, -0.1) is 0 Å². The van der Waals surface area contributed by atoms with Crippen molar-refractivity contribution >= 4 is 14.0 Å².